The molecule has 1 atom stereocenters. The number of benzene rings is 1. The van der Waals surface area contributed by atoms with Crippen LogP contribution in [0.4, 0.5) is 0 Å². The Bertz CT molecular complexity index is 1210. The third kappa shape index (κ3) is 3.92. The molecule has 3 aliphatic rings. The second-order valence-electron chi connectivity index (χ2n) is 9.82. The summed E-state index contributed by atoms with van der Waals surface area (Å²) in [6.07, 6.45) is 11.3. The smallest absolute Gasteiger partial charge is 0.254 e. The maximum atomic E-state index is 13.2. The topological polar surface area (TPSA) is 75.9 Å². The summed E-state index contributed by atoms with van der Waals surface area (Å²) in [4.78, 5) is 25.4. The number of hydrogen-bond donors (Lipinski definition) is 1. The number of hydrogen-bond acceptors (Lipinski definition) is 5. The summed E-state index contributed by atoms with van der Waals surface area (Å²) in [6, 6.07) is 8.96. The van der Waals surface area contributed by atoms with Crippen LogP contribution in [0.1, 0.15) is 72.1 Å². The maximum Gasteiger partial charge on any atom is 0.254 e. The zero-order chi connectivity index (χ0) is 23.1. The molecule has 1 aromatic carbocycles. The Morgan fingerprint density at radius 1 is 1.09 bits per heavy atom. The van der Waals surface area contributed by atoms with Gasteiger partial charge in [0.2, 0.25) is 0 Å². The molecule has 34 heavy (non-hydrogen) atoms. The third-order valence-electron chi connectivity index (χ3n) is 7.62. The van der Waals surface area contributed by atoms with Gasteiger partial charge < -0.3 is 5.32 Å². The molecule has 1 saturated heterocycles. The number of nitrogens with zero attached hydrogens (tertiary/aromatic N) is 5. The Labute approximate surface area is 200 Å². The van der Waals surface area contributed by atoms with Gasteiger partial charge in [0, 0.05) is 30.3 Å². The van der Waals surface area contributed by atoms with E-state index in [0.29, 0.717) is 30.0 Å². The average Bonchev–Trinajstić information content (AvgIpc) is 3.49. The van der Waals surface area contributed by atoms with Crippen molar-refractivity contribution in [2.45, 2.75) is 63.8 Å². The van der Waals surface area contributed by atoms with Crippen molar-refractivity contribution in [3.05, 3.63) is 59.0 Å². The molecule has 0 unspecified atom stereocenters. The van der Waals surface area contributed by atoms with E-state index in [-0.39, 0.29) is 5.91 Å². The zero-order valence-electron chi connectivity index (χ0n) is 19.8. The third-order valence-corrected chi connectivity index (χ3v) is 7.62. The number of likely N-dealkylation sites (N-methyl/N-ethyl adjacent to an activating group) is 1. The highest BCUT2D eigenvalue weighted by atomic mass is 16.1. The standard InChI is InChI=1S/C27H32N6O/c1-2-32-14-6-10-21(32)16-28-26(34)23-17-30-33(25(23)19-12-13-19)27-29-15-20-9-5-8-18-7-3-4-11-22(18)24(20)31-27/h3-4,7,11,15,17,19,21H,2,5-6,8-10,12-14,16H2,1H3,(H,28,34)/t21-/m1/s1. The van der Waals surface area contributed by atoms with Crippen molar-refractivity contribution in [2.75, 3.05) is 19.6 Å². The van der Waals surface area contributed by atoms with Gasteiger partial charge in [-0.2, -0.15) is 5.10 Å². The Morgan fingerprint density at radius 2 is 1.94 bits per heavy atom. The van der Waals surface area contributed by atoms with Crippen LogP contribution in [0.2, 0.25) is 0 Å². The van der Waals surface area contributed by atoms with Crippen LogP contribution in [0, 0.1) is 0 Å². The first-order chi connectivity index (χ1) is 16.7. The molecule has 6 rings (SSSR count). The van der Waals surface area contributed by atoms with Gasteiger partial charge >= 0.3 is 0 Å². The lowest BCUT2D eigenvalue weighted by atomic mass is 10.0. The Balaban J connectivity index is 1.31. The number of carbonyl (C=O) groups excluding carboxylic acids is 1. The van der Waals surface area contributed by atoms with Gasteiger partial charge in [-0.05, 0) is 69.2 Å². The fourth-order valence-electron chi connectivity index (χ4n) is 5.64. The number of aryl methyl sites for hydroxylation is 2. The van der Waals surface area contributed by atoms with Crippen molar-refractivity contribution in [1.29, 1.82) is 0 Å². The van der Waals surface area contributed by atoms with Crippen molar-refractivity contribution in [2.24, 2.45) is 0 Å². The van der Waals surface area contributed by atoms with Gasteiger partial charge in [-0.3, -0.25) is 9.69 Å². The fourth-order valence-corrected chi connectivity index (χ4v) is 5.64. The van der Waals surface area contributed by atoms with E-state index in [1.807, 2.05) is 10.9 Å². The largest absolute Gasteiger partial charge is 0.350 e. The van der Waals surface area contributed by atoms with Gasteiger partial charge in [-0.15, -0.1) is 0 Å². The highest BCUT2D eigenvalue weighted by molar-refractivity contribution is 5.95. The minimum atomic E-state index is -0.0313. The number of amides is 1. The van der Waals surface area contributed by atoms with E-state index in [0.717, 1.165) is 63.0 Å². The second kappa shape index (κ2) is 8.95. The minimum absolute atomic E-state index is 0.0313. The molecule has 7 nitrogen and oxygen atoms in total. The van der Waals surface area contributed by atoms with Gasteiger partial charge in [0.25, 0.3) is 11.9 Å². The van der Waals surface area contributed by atoms with Crippen LogP contribution in [0.25, 0.3) is 17.2 Å². The number of nitrogens with one attached hydrogen (secondary N) is 1. The lowest BCUT2D eigenvalue weighted by Crippen LogP contribution is -2.40. The molecular formula is C27H32N6O. The summed E-state index contributed by atoms with van der Waals surface area (Å²) < 4.78 is 1.81. The second-order valence-corrected chi connectivity index (χ2v) is 9.82. The molecule has 7 heteroatoms. The first-order valence-electron chi connectivity index (χ1n) is 12.8. The molecule has 1 amide bonds. The van der Waals surface area contributed by atoms with E-state index < -0.39 is 0 Å². The summed E-state index contributed by atoms with van der Waals surface area (Å²) in [6.45, 7) is 5.04. The molecule has 1 N–H and O–H groups in total. The summed E-state index contributed by atoms with van der Waals surface area (Å²) in [5.74, 6) is 0.872. The number of rotatable bonds is 6. The van der Waals surface area contributed by atoms with E-state index >= 15 is 0 Å². The van der Waals surface area contributed by atoms with Crippen LogP contribution in [0.15, 0.2) is 36.7 Å². The summed E-state index contributed by atoms with van der Waals surface area (Å²) in [5.41, 5.74) is 6.34. The minimum Gasteiger partial charge on any atom is -0.350 e. The lowest BCUT2D eigenvalue weighted by molar-refractivity contribution is 0.0940. The number of fused-ring (bicyclic) bond motifs is 3. The summed E-state index contributed by atoms with van der Waals surface area (Å²) >= 11 is 0. The summed E-state index contributed by atoms with van der Waals surface area (Å²) in [7, 11) is 0. The molecule has 0 bridgehead atoms. The monoisotopic (exact) mass is 456 g/mol. The molecule has 0 radical (unpaired) electrons. The van der Waals surface area contributed by atoms with Crippen molar-refractivity contribution >= 4 is 5.91 Å². The predicted molar refractivity (Wildman–Crippen MR) is 131 cm³/mol. The Morgan fingerprint density at radius 3 is 2.79 bits per heavy atom. The molecular weight excluding hydrogens is 424 g/mol. The number of likely N-dealkylation sites (tertiary alicyclic amines) is 1. The van der Waals surface area contributed by atoms with Crippen molar-refractivity contribution in [3.63, 3.8) is 0 Å². The Kier molecular flexibility index (Phi) is 5.65. The van der Waals surface area contributed by atoms with E-state index in [9.17, 15) is 4.79 Å². The van der Waals surface area contributed by atoms with Crippen LogP contribution in [0.3, 0.4) is 0 Å². The molecule has 0 spiro atoms. The van der Waals surface area contributed by atoms with E-state index in [4.69, 9.17) is 9.97 Å². The molecule has 2 fully saturated rings. The van der Waals surface area contributed by atoms with Crippen LogP contribution in [0.5, 0.6) is 0 Å². The molecule has 1 aliphatic heterocycles. The quantitative estimate of drug-likeness (QED) is 0.609. The maximum absolute atomic E-state index is 13.2. The van der Waals surface area contributed by atoms with E-state index in [1.54, 1.807) is 6.20 Å². The molecule has 1 saturated carbocycles. The first-order valence-corrected chi connectivity index (χ1v) is 12.8. The van der Waals surface area contributed by atoms with E-state index in [1.165, 1.54) is 23.1 Å². The van der Waals surface area contributed by atoms with E-state index in [2.05, 4.69) is 46.5 Å². The average molecular weight is 457 g/mol. The molecule has 2 aromatic heterocycles. The first kappa shape index (κ1) is 21.5. The molecule has 3 heterocycles. The summed E-state index contributed by atoms with van der Waals surface area (Å²) in [5, 5.41) is 7.82. The predicted octanol–water partition coefficient (Wildman–Crippen LogP) is 3.91. The van der Waals surface area contributed by atoms with Crippen LogP contribution >= 0.6 is 0 Å². The van der Waals surface area contributed by atoms with Crippen molar-refractivity contribution < 1.29 is 4.79 Å². The zero-order valence-corrected chi connectivity index (χ0v) is 19.8. The van der Waals surface area contributed by atoms with Gasteiger partial charge in [-0.25, -0.2) is 14.6 Å². The Hall–Kier alpha value is -3.06. The molecule has 176 valence electrons. The van der Waals surface area contributed by atoms with Gasteiger partial charge in [0.05, 0.1) is 23.1 Å². The normalized spacial score (nSPS) is 20.0. The molecule has 3 aromatic rings. The molecule has 2 aliphatic carbocycles. The van der Waals surface area contributed by atoms with Crippen LogP contribution in [-0.4, -0.2) is 56.2 Å². The van der Waals surface area contributed by atoms with Gasteiger partial charge in [0.1, 0.15) is 0 Å². The van der Waals surface area contributed by atoms with Crippen LogP contribution < -0.4 is 5.32 Å². The van der Waals surface area contributed by atoms with Crippen molar-refractivity contribution in [3.8, 4) is 17.2 Å². The van der Waals surface area contributed by atoms with Crippen LogP contribution in [-0.2, 0) is 12.8 Å². The number of carbonyl (C=O) groups is 1. The fraction of sp³-hybridized carbons (Fsp3) is 0.481. The highest BCUT2D eigenvalue weighted by Crippen LogP contribution is 2.42. The van der Waals surface area contributed by atoms with Gasteiger partial charge in [-0.1, -0.05) is 31.2 Å². The number of aromatic nitrogens is 4. The highest BCUT2D eigenvalue weighted by Gasteiger charge is 2.34. The lowest BCUT2D eigenvalue weighted by Gasteiger charge is -2.22. The SMILES string of the molecule is CCN1CCC[C@@H]1CNC(=O)c1cnn(-c2ncc3c(n2)-c2ccccc2CCC3)c1C1CC1. The van der Waals surface area contributed by atoms with Gasteiger partial charge in [0.15, 0.2) is 0 Å². The van der Waals surface area contributed by atoms with Crippen molar-refractivity contribution in [1.82, 2.24) is 30.0 Å².